The zero-order valence-electron chi connectivity index (χ0n) is 8.99. The maximum Gasteiger partial charge on any atom is 0.0883 e. The number of thiocarbonyl (C=S) groups is 1. The van der Waals surface area contributed by atoms with Gasteiger partial charge in [-0.15, -0.1) is 23.5 Å². The molecule has 0 saturated carbocycles. The van der Waals surface area contributed by atoms with E-state index in [9.17, 15) is 0 Å². The normalized spacial score (nSPS) is 12.8. The largest absolute Gasteiger partial charge is 0.159 e. The molecule has 0 rings (SSSR count). The van der Waals surface area contributed by atoms with Gasteiger partial charge in [-0.05, 0) is 24.3 Å². The molecule has 0 aliphatic rings. The Kier molecular flexibility index (Phi) is 11.5. The molecule has 0 bridgehead atoms. The van der Waals surface area contributed by atoms with E-state index in [2.05, 4.69) is 26.5 Å². The molecule has 84 valence electrons. The third-order valence-corrected chi connectivity index (χ3v) is 5.75. The van der Waals surface area contributed by atoms with Crippen molar-refractivity contribution in [1.29, 1.82) is 0 Å². The van der Waals surface area contributed by atoms with E-state index in [1.165, 1.54) is 31.4 Å². The predicted molar refractivity (Wildman–Crippen MR) is 80.1 cm³/mol. The Labute approximate surface area is 108 Å². The second kappa shape index (κ2) is 10.7. The van der Waals surface area contributed by atoms with Crippen molar-refractivity contribution in [2.75, 3.05) is 11.5 Å². The third-order valence-electron chi connectivity index (χ3n) is 1.72. The van der Waals surface area contributed by atoms with Crippen LogP contribution in [0.25, 0.3) is 0 Å². The molecule has 0 fully saturated rings. The topological polar surface area (TPSA) is 0 Å². The number of hydrogen-bond acceptors (Lipinski definition) is 4. The highest BCUT2D eigenvalue weighted by atomic mass is 32.2. The van der Waals surface area contributed by atoms with E-state index in [-0.39, 0.29) is 4.58 Å². The second-order valence-corrected chi connectivity index (χ2v) is 7.01. The molecule has 14 heavy (non-hydrogen) atoms. The minimum Gasteiger partial charge on any atom is -0.159 e. The van der Waals surface area contributed by atoms with Crippen LogP contribution in [0.4, 0.5) is 0 Å². The first-order valence-corrected chi connectivity index (χ1v) is 8.14. The SMILES string of the molecule is CCCCSC(=S)C(S)SCCCC. The van der Waals surface area contributed by atoms with E-state index in [0.29, 0.717) is 0 Å². The van der Waals surface area contributed by atoms with Crippen LogP contribution in [0, 0.1) is 0 Å². The molecule has 1 atom stereocenters. The number of thiol groups is 1. The van der Waals surface area contributed by atoms with Crippen molar-refractivity contribution >= 4 is 52.6 Å². The molecular formula is C10H20S4. The fraction of sp³-hybridized carbons (Fsp3) is 0.900. The summed E-state index contributed by atoms with van der Waals surface area (Å²) in [6, 6.07) is 0. The molecule has 0 amide bonds. The molecule has 0 nitrogen and oxygen atoms in total. The Bertz CT molecular complexity index is 147. The molecule has 0 spiro atoms. The van der Waals surface area contributed by atoms with Gasteiger partial charge in [-0.2, -0.15) is 12.6 Å². The summed E-state index contributed by atoms with van der Waals surface area (Å²) in [6.45, 7) is 4.42. The van der Waals surface area contributed by atoms with Crippen molar-refractivity contribution in [2.24, 2.45) is 0 Å². The summed E-state index contributed by atoms with van der Waals surface area (Å²) in [5.74, 6) is 2.33. The summed E-state index contributed by atoms with van der Waals surface area (Å²) >= 11 is 13.5. The van der Waals surface area contributed by atoms with Gasteiger partial charge in [-0.1, -0.05) is 38.9 Å². The standard InChI is InChI=1S/C10H20S4/c1-3-5-7-13-9(11)10(12)14-8-6-4-2/h9,11H,3-8H2,1-2H3. The van der Waals surface area contributed by atoms with Gasteiger partial charge < -0.3 is 0 Å². The van der Waals surface area contributed by atoms with Crippen LogP contribution >= 0.6 is 48.4 Å². The maximum atomic E-state index is 5.31. The van der Waals surface area contributed by atoms with Crippen molar-refractivity contribution < 1.29 is 0 Å². The van der Waals surface area contributed by atoms with Gasteiger partial charge in [0.2, 0.25) is 0 Å². The molecule has 0 saturated heterocycles. The average Bonchev–Trinajstić information content (AvgIpc) is 2.18. The van der Waals surface area contributed by atoms with Crippen LogP contribution in [0.3, 0.4) is 0 Å². The zero-order chi connectivity index (χ0) is 10.8. The quantitative estimate of drug-likeness (QED) is 0.295. The Hall–Kier alpha value is 1.14. The van der Waals surface area contributed by atoms with Crippen LogP contribution in [0.15, 0.2) is 0 Å². The summed E-state index contributed by atoms with van der Waals surface area (Å²) in [5.41, 5.74) is 0. The van der Waals surface area contributed by atoms with Gasteiger partial charge in [-0.25, -0.2) is 0 Å². The van der Waals surface area contributed by atoms with Gasteiger partial charge in [0.15, 0.2) is 0 Å². The van der Waals surface area contributed by atoms with E-state index < -0.39 is 0 Å². The van der Waals surface area contributed by atoms with E-state index in [1.54, 1.807) is 11.8 Å². The first-order chi connectivity index (χ1) is 6.72. The van der Waals surface area contributed by atoms with Crippen molar-refractivity contribution in [1.82, 2.24) is 0 Å². The Balaban J connectivity index is 3.44. The minimum atomic E-state index is 0.249. The molecule has 4 heteroatoms. The molecule has 0 aromatic heterocycles. The van der Waals surface area contributed by atoms with Gasteiger partial charge in [0.05, 0.1) is 8.78 Å². The zero-order valence-corrected chi connectivity index (χ0v) is 12.3. The lowest BCUT2D eigenvalue weighted by molar-refractivity contribution is 0.896. The molecule has 0 aliphatic heterocycles. The lowest BCUT2D eigenvalue weighted by Crippen LogP contribution is -2.05. The van der Waals surface area contributed by atoms with Crippen molar-refractivity contribution in [3.8, 4) is 0 Å². The Morgan fingerprint density at radius 1 is 1.21 bits per heavy atom. The van der Waals surface area contributed by atoms with Gasteiger partial charge in [0.1, 0.15) is 0 Å². The summed E-state index contributed by atoms with van der Waals surface area (Å²) in [5, 5.41) is 0. The molecular weight excluding hydrogens is 248 g/mol. The summed E-state index contributed by atoms with van der Waals surface area (Å²) < 4.78 is 1.31. The number of unbranched alkanes of at least 4 members (excludes halogenated alkanes) is 2. The fourth-order valence-electron chi connectivity index (χ4n) is 0.796. The van der Waals surface area contributed by atoms with Crippen molar-refractivity contribution in [3.63, 3.8) is 0 Å². The first kappa shape index (κ1) is 15.1. The summed E-state index contributed by atoms with van der Waals surface area (Å²) in [7, 11) is 0. The third kappa shape index (κ3) is 8.45. The first-order valence-electron chi connectivity index (χ1n) is 5.18. The molecule has 0 aromatic rings. The predicted octanol–water partition coefficient (Wildman–Crippen LogP) is 4.64. The Morgan fingerprint density at radius 3 is 2.36 bits per heavy atom. The maximum absolute atomic E-state index is 5.31. The highest BCUT2D eigenvalue weighted by molar-refractivity contribution is 8.27. The lowest BCUT2D eigenvalue weighted by Gasteiger charge is -2.10. The van der Waals surface area contributed by atoms with Gasteiger partial charge in [0, 0.05) is 0 Å². The van der Waals surface area contributed by atoms with E-state index >= 15 is 0 Å². The molecule has 0 aromatic carbocycles. The van der Waals surface area contributed by atoms with E-state index in [0.717, 1.165) is 9.95 Å². The molecule has 0 N–H and O–H groups in total. The van der Waals surface area contributed by atoms with Crippen LogP contribution in [0.1, 0.15) is 39.5 Å². The molecule has 0 heterocycles. The minimum absolute atomic E-state index is 0.249. The lowest BCUT2D eigenvalue weighted by atomic mass is 10.4. The van der Waals surface area contributed by atoms with E-state index in [4.69, 9.17) is 12.2 Å². The van der Waals surface area contributed by atoms with Crippen LogP contribution in [-0.4, -0.2) is 20.3 Å². The monoisotopic (exact) mass is 268 g/mol. The highest BCUT2D eigenvalue weighted by Crippen LogP contribution is 2.24. The van der Waals surface area contributed by atoms with Crippen molar-refractivity contribution in [2.45, 2.75) is 44.1 Å². The Morgan fingerprint density at radius 2 is 1.79 bits per heavy atom. The molecule has 0 aliphatic carbocycles. The van der Waals surface area contributed by atoms with Gasteiger partial charge >= 0.3 is 0 Å². The smallest absolute Gasteiger partial charge is 0.0883 e. The van der Waals surface area contributed by atoms with Crippen LogP contribution in [0.2, 0.25) is 0 Å². The molecule has 1 unspecified atom stereocenters. The highest BCUT2D eigenvalue weighted by Gasteiger charge is 2.09. The van der Waals surface area contributed by atoms with Gasteiger partial charge in [-0.3, -0.25) is 0 Å². The summed E-state index contributed by atoms with van der Waals surface area (Å²) in [4.78, 5) is 0. The molecule has 0 radical (unpaired) electrons. The second-order valence-electron chi connectivity index (χ2n) is 3.10. The van der Waals surface area contributed by atoms with Crippen molar-refractivity contribution in [3.05, 3.63) is 0 Å². The number of rotatable bonds is 8. The van der Waals surface area contributed by atoms with E-state index in [1.807, 2.05) is 11.8 Å². The summed E-state index contributed by atoms with van der Waals surface area (Å²) in [6.07, 6.45) is 5.02. The van der Waals surface area contributed by atoms with Crippen LogP contribution in [0.5, 0.6) is 0 Å². The van der Waals surface area contributed by atoms with Gasteiger partial charge in [0.25, 0.3) is 0 Å². The average molecular weight is 269 g/mol. The van der Waals surface area contributed by atoms with Crippen LogP contribution in [-0.2, 0) is 0 Å². The fourth-order valence-corrected chi connectivity index (χ4v) is 3.79. The number of thioether (sulfide) groups is 2. The van der Waals surface area contributed by atoms with Crippen LogP contribution < -0.4 is 0 Å². The number of hydrogen-bond donors (Lipinski definition) is 1.